The van der Waals surface area contributed by atoms with Crippen molar-refractivity contribution in [2.24, 2.45) is 0 Å². The molecule has 0 atom stereocenters. The predicted molar refractivity (Wildman–Crippen MR) is 66.2 cm³/mol. The smallest absolute Gasteiger partial charge is 0.0474 e. The zero-order chi connectivity index (χ0) is 10.7. The van der Waals surface area contributed by atoms with Crippen molar-refractivity contribution in [3.05, 3.63) is 59.7 Å². The van der Waals surface area contributed by atoms with Crippen LogP contribution in [0.5, 0.6) is 0 Å². The van der Waals surface area contributed by atoms with Gasteiger partial charge in [-0.25, -0.2) is 0 Å². The average Bonchev–Trinajstić information content (AvgIpc) is 2.29. The fourth-order valence-electron chi connectivity index (χ4n) is 1.66. The van der Waals surface area contributed by atoms with E-state index >= 15 is 0 Å². The zero-order valence-electron chi connectivity index (χ0n) is 8.70. The Bertz CT molecular complexity index is 460. The van der Waals surface area contributed by atoms with Crippen LogP contribution in [0, 0.1) is 6.92 Å². The summed E-state index contributed by atoms with van der Waals surface area (Å²) >= 11 is 5.82. The van der Waals surface area contributed by atoms with E-state index in [1.807, 2.05) is 6.07 Å². The van der Waals surface area contributed by atoms with Gasteiger partial charge in [0.15, 0.2) is 0 Å². The molecule has 2 aromatic carbocycles. The Morgan fingerprint density at radius 1 is 0.933 bits per heavy atom. The summed E-state index contributed by atoms with van der Waals surface area (Å²) in [6.45, 7) is 2.11. The van der Waals surface area contributed by atoms with Gasteiger partial charge in [0.1, 0.15) is 0 Å². The summed E-state index contributed by atoms with van der Waals surface area (Å²) in [7, 11) is 0. The van der Waals surface area contributed by atoms with E-state index in [2.05, 4.69) is 49.4 Å². The molecule has 2 aromatic rings. The summed E-state index contributed by atoms with van der Waals surface area (Å²) in [6, 6.07) is 16.9. The number of benzene rings is 2. The van der Waals surface area contributed by atoms with Gasteiger partial charge in [-0.2, -0.15) is 0 Å². The highest BCUT2D eigenvalue weighted by molar-refractivity contribution is 6.17. The minimum atomic E-state index is 0.569. The molecule has 0 saturated carbocycles. The number of alkyl halides is 1. The Morgan fingerprint density at radius 2 is 1.60 bits per heavy atom. The Hall–Kier alpha value is -1.27. The van der Waals surface area contributed by atoms with Crippen LogP contribution in [0.2, 0.25) is 0 Å². The summed E-state index contributed by atoms with van der Waals surface area (Å²) in [4.78, 5) is 0. The molecule has 0 heterocycles. The zero-order valence-corrected chi connectivity index (χ0v) is 9.46. The van der Waals surface area contributed by atoms with Gasteiger partial charge in [-0.15, -0.1) is 11.6 Å². The maximum atomic E-state index is 5.82. The Morgan fingerprint density at radius 3 is 2.27 bits per heavy atom. The first-order valence-electron chi connectivity index (χ1n) is 5.01. The standard InChI is InChI=1S/C14H13Cl/c1-11-4-2-6-13(8-11)14-7-3-5-12(9-14)10-15/h2-9H,10H2,1H3. The molecule has 0 amide bonds. The summed E-state index contributed by atoms with van der Waals surface area (Å²) < 4.78 is 0. The fourth-order valence-corrected chi connectivity index (χ4v) is 1.82. The van der Waals surface area contributed by atoms with Crippen molar-refractivity contribution in [2.45, 2.75) is 12.8 Å². The quantitative estimate of drug-likeness (QED) is 0.653. The Labute approximate surface area is 95.5 Å². The second-order valence-electron chi connectivity index (χ2n) is 3.70. The molecule has 0 aromatic heterocycles. The van der Waals surface area contributed by atoms with E-state index in [4.69, 9.17) is 11.6 Å². The van der Waals surface area contributed by atoms with Gasteiger partial charge in [-0.3, -0.25) is 0 Å². The summed E-state index contributed by atoms with van der Waals surface area (Å²) in [5, 5.41) is 0. The van der Waals surface area contributed by atoms with E-state index in [0.29, 0.717) is 5.88 Å². The number of hydrogen-bond donors (Lipinski definition) is 0. The lowest BCUT2D eigenvalue weighted by molar-refractivity contribution is 1.39. The van der Waals surface area contributed by atoms with Gasteiger partial charge >= 0.3 is 0 Å². The van der Waals surface area contributed by atoms with Crippen LogP contribution in [0.4, 0.5) is 0 Å². The molecule has 0 fully saturated rings. The molecule has 0 aliphatic rings. The predicted octanol–water partition coefficient (Wildman–Crippen LogP) is 4.40. The van der Waals surface area contributed by atoms with E-state index < -0.39 is 0 Å². The highest BCUT2D eigenvalue weighted by Crippen LogP contribution is 2.21. The first-order valence-corrected chi connectivity index (χ1v) is 5.55. The molecule has 0 nitrogen and oxygen atoms in total. The monoisotopic (exact) mass is 216 g/mol. The van der Waals surface area contributed by atoms with Gasteiger partial charge < -0.3 is 0 Å². The Kier molecular flexibility index (Phi) is 3.08. The summed E-state index contributed by atoms with van der Waals surface area (Å²) in [6.07, 6.45) is 0. The van der Waals surface area contributed by atoms with Gasteiger partial charge in [0, 0.05) is 5.88 Å². The average molecular weight is 217 g/mol. The number of aryl methyl sites for hydroxylation is 1. The highest BCUT2D eigenvalue weighted by atomic mass is 35.5. The van der Waals surface area contributed by atoms with E-state index in [1.165, 1.54) is 16.7 Å². The Balaban J connectivity index is 2.44. The van der Waals surface area contributed by atoms with Crippen molar-refractivity contribution in [2.75, 3.05) is 0 Å². The normalized spacial score (nSPS) is 10.3. The van der Waals surface area contributed by atoms with Crippen LogP contribution in [0.3, 0.4) is 0 Å². The molecule has 0 N–H and O–H groups in total. The molecule has 0 bridgehead atoms. The number of hydrogen-bond acceptors (Lipinski definition) is 0. The van der Waals surface area contributed by atoms with Crippen molar-refractivity contribution in [3.63, 3.8) is 0 Å². The second-order valence-corrected chi connectivity index (χ2v) is 3.97. The van der Waals surface area contributed by atoms with Crippen LogP contribution in [0.1, 0.15) is 11.1 Å². The van der Waals surface area contributed by atoms with Gasteiger partial charge in [0.05, 0.1) is 0 Å². The minimum absolute atomic E-state index is 0.569. The third-order valence-corrected chi connectivity index (χ3v) is 2.74. The molecule has 0 spiro atoms. The molecule has 0 saturated heterocycles. The summed E-state index contributed by atoms with van der Waals surface area (Å²) in [5.74, 6) is 0.569. The lowest BCUT2D eigenvalue weighted by Gasteiger charge is -2.04. The van der Waals surface area contributed by atoms with Crippen LogP contribution < -0.4 is 0 Å². The fraction of sp³-hybridized carbons (Fsp3) is 0.143. The van der Waals surface area contributed by atoms with Crippen LogP contribution in [0.15, 0.2) is 48.5 Å². The van der Waals surface area contributed by atoms with E-state index in [9.17, 15) is 0 Å². The second kappa shape index (κ2) is 4.50. The SMILES string of the molecule is Cc1cccc(-c2cccc(CCl)c2)c1. The first-order chi connectivity index (χ1) is 7.29. The lowest BCUT2D eigenvalue weighted by atomic mass is 10.0. The largest absolute Gasteiger partial charge is 0.122 e. The van der Waals surface area contributed by atoms with E-state index in [1.54, 1.807) is 0 Å². The molecule has 76 valence electrons. The molecule has 0 aliphatic carbocycles. The van der Waals surface area contributed by atoms with Crippen LogP contribution >= 0.6 is 11.6 Å². The molecule has 0 radical (unpaired) electrons. The van der Waals surface area contributed by atoms with Crippen molar-refractivity contribution >= 4 is 11.6 Å². The van der Waals surface area contributed by atoms with Gasteiger partial charge in [-0.05, 0) is 29.7 Å². The number of rotatable bonds is 2. The van der Waals surface area contributed by atoms with Crippen molar-refractivity contribution in [3.8, 4) is 11.1 Å². The van der Waals surface area contributed by atoms with E-state index in [-0.39, 0.29) is 0 Å². The minimum Gasteiger partial charge on any atom is -0.122 e. The van der Waals surface area contributed by atoms with Crippen LogP contribution in [-0.4, -0.2) is 0 Å². The van der Waals surface area contributed by atoms with Crippen LogP contribution in [-0.2, 0) is 5.88 Å². The molecule has 15 heavy (non-hydrogen) atoms. The maximum absolute atomic E-state index is 5.82. The lowest BCUT2D eigenvalue weighted by Crippen LogP contribution is -1.82. The van der Waals surface area contributed by atoms with Gasteiger partial charge in [0.2, 0.25) is 0 Å². The van der Waals surface area contributed by atoms with Crippen molar-refractivity contribution in [1.82, 2.24) is 0 Å². The maximum Gasteiger partial charge on any atom is 0.0474 e. The third-order valence-electron chi connectivity index (χ3n) is 2.43. The first kappa shape index (κ1) is 10.3. The van der Waals surface area contributed by atoms with E-state index in [0.717, 1.165) is 5.56 Å². The molecular formula is C14H13Cl. The third kappa shape index (κ3) is 2.40. The highest BCUT2D eigenvalue weighted by Gasteiger charge is 1.98. The topological polar surface area (TPSA) is 0 Å². The van der Waals surface area contributed by atoms with Gasteiger partial charge in [0.25, 0.3) is 0 Å². The van der Waals surface area contributed by atoms with Crippen LogP contribution in [0.25, 0.3) is 11.1 Å². The number of halogens is 1. The molecule has 0 aliphatic heterocycles. The molecular weight excluding hydrogens is 204 g/mol. The molecule has 2 rings (SSSR count). The van der Waals surface area contributed by atoms with Crippen molar-refractivity contribution in [1.29, 1.82) is 0 Å². The molecule has 0 unspecified atom stereocenters. The summed E-state index contributed by atoms with van der Waals surface area (Å²) in [5.41, 5.74) is 4.93. The van der Waals surface area contributed by atoms with Crippen molar-refractivity contribution < 1.29 is 0 Å². The van der Waals surface area contributed by atoms with Gasteiger partial charge in [-0.1, -0.05) is 48.0 Å². The molecule has 1 heteroatoms.